The van der Waals surface area contributed by atoms with Gasteiger partial charge in [0.2, 0.25) is 0 Å². The smallest absolute Gasteiger partial charge is 0.308 e. The lowest BCUT2D eigenvalue weighted by Gasteiger charge is -2.09. The zero-order chi connectivity index (χ0) is 17.4. The minimum Gasteiger partial charge on any atom is -0.308 e. The van der Waals surface area contributed by atoms with Crippen LogP contribution in [0.2, 0.25) is 0 Å². The first-order valence-electron chi connectivity index (χ1n) is 7.43. The summed E-state index contributed by atoms with van der Waals surface area (Å²) >= 11 is 1.49. The molecule has 0 amide bonds. The fourth-order valence-electron chi connectivity index (χ4n) is 2.65. The van der Waals surface area contributed by atoms with Gasteiger partial charge in [0, 0.05) is 22.3 Å². The molecule has 130 valence electrons. The summed E-state index contributed by atoms with van der Waals surface area (Å²) in [6.07, 6.45) is -3.70. The Balaban J connectivity index is 1.63. The molecule has 1 aromatic carbocycles. The number of halogens is 3. The van der Waals surface area contributed by atoms with Crippen molar-refractivity contribution in [1.29, 1.82) is 0 Å². The van der Waals surface area contributed by atoms with Crippen molar-refractivity contribution in [3.05, 3.63) is 46.8 Å². The number of rotatable bonds is 4. The normalized spacial score (nSPS) is 20.4. The van der Waals surface area contributed by atoms with Gasteiger partial charge in [-0.1, -0.05) is 12.1 Å². The molecular formula is C16H16F3NO2S2. The van der Waals surface area contributed by atoms with E-state index in [1.165, 1.54) is 23.5 Å². The highest BCUT2D eigenvalue weighted by atomic mass is 32.2. The summed E-state index contributed by atoms with van der Waals surface area (Å²) in [5.41, 5.74) is 0.0785. The van der Waals surface area contributed by atoms with Crippen LogP contribution >= 0.6 is 11.3 Å². The third-order valence-corrected chi connectivity index (χ3v) is 6.86. The van der Waals surface area contributed by atoms with E-state index in [0.717, 1.165) is 27.5 Å². The molecule has 1 saturated heterocycles. The molecule has 3 rings (SSSR count). The third-order valence-electron chi connectivity index (χ3n) is 3.96. The molecule has 1 atom stereocenters. The van der Waals surface area contributed by atoms with Gasteiger partial charge in [-0.25, -0.2) is 8.42 Å². The molecule has 1 aliphatic heterocycles. The number of benzene rings is 1. The van der Waals surface area contributed by atoms with Crippen LogP contribution in [0, 0.1) is 0 Å². The molecule has 1 aliphatic rings. The Bertz CT molecular complexity index is 811. The van der Waals surface area contributed by atoms with Gasteiger partial charge in [0.05, 0.1) is 17.1 Å². The summed E-state index contributed by atoms with van der Waals surface area (Å²) in [6.45, 7) is 0.561. The van der Waals surface area contributed by atoms with Gasteiger partial charge in [0.1, 0.15) is 0 Å². The summed E-state index contributed by atoms with van der Waals surface area (Å²) in [6, 6.07) is 8.85. The van der Waals surface area contributed by atoms with Gasteiger partial charge in [-0.3, -0.25) is 0 Å². The Labute approximate surface area is 142 Å². The van der Waals surface area contributed by atoms with E-state index in [2.05, 4.69) is 5.32 Å². The monoisotopic (exact) mass is 375 g/mol. The van der Waals surface area contributed by atoms with Crippen molar-refractivity contribution in [2.75, 3.05) is 11.5 Å². The zero-order valence-electron chi connectivity index (χ0n) is 12.6. The van der Waals surface area contributed by atoms with Crippen LogP contribution in [0.1, 0.15) is 16.9 Å². The summed E-state index contributed by atoms with van der Waals surface area (Å²) < 4.78 is 60.6. The lowest BCUT2D eigenvalue weighted by atomic mass is 10.1. The molecule has 3 nitrogen and oxygen atoms in total. The standard InChI is InChI=1S/C16H16F3NO2S2/c17-16(18,19)12-3-1-11(2-4-12)15-6-5-14(23-15)9-20-13-7-8-24(21,22)10-13/h1-6,13,20H,7-10H2. The van der Waals surface area contributed by atoms with Crippen LogP contribution in [0.3, 0.4) is 0 Å². The number of thiophene rings is 1. The Hall–Kier alpha value is -1.38. The Morgan fingerprint density at radius 2 is 1.83 bits per heavy atom. The van der Waals surface area contributed by atoms with E-state index in [0.29, 0.717) is 13.0 Å². The quantitative estimate of drug-likeness (QED) is 0.886. The predicted octanol–water partition coefficient (Wildman–Crippen LogP) is 3.71. The molecule has 0 radical (unpaired) electrons. The molecule has 0 saturated carbocycles. The SMILES string of the molecule is O=S1(=O)CCC(NCc2ccc(-c3ccc(C(F)(F)F)cc3)s2)C1. The van der Waals surface area contributed by atoms with Gasteiger partial charge in [-0.15, -0.1) is 11.3 Å². The Morgan fingerprint density at radius 3 is 2.42 bits per heavy atom. The second-order valence-corrected chi connectivity index (χ2v) is 9.22. The van der Waals surface area contributed by atoms with Gasteiger partial charge in [0.25, 0.3) is 0 Å². The van der Waals surface area contributed by atoms with Crippen molar-refractivity contribution in [2.45, 2.75) is 25.2 Å². The summed E-state index contributed by atoms with van der Waals surface area (Å²) in [4.78, 5) is 1.91. The van der Waals surface area contributed by atoms with Gasteiger partial charge in [0.15, 0.2) is 9.84 Å². The first kappa shape index (κ1) is 17.4. The van der Waals surface area contributed by atoms with Crippen molar-refractivity contribution in [2.24, 2.45) is 0 Å². The maximum absolute atomic E-state index is 12.6. The number of sulfone groups is 1. The van der Waals surface area contributed by atoms with Crippen LogP contribution in [0.4, 0.5) is 13.2 Å². The fourth-order valence-corrected chi connectivity index (χ4v) is 5.32. The van der Waals surface area contributed by atoms with Crippen LogP contribution in [-0.4, -0.2) is 26.0 Å². The van der Waals surface area contributed by atoms with E-state index < -0.39 is 21.6 Å². The molecule has 2 aromatic rings. The maximum atomic E-state index is 12.6. The largest absolute Gasteiger partial charge is 0.416 e. The number of hydrogen-bond donors (Lipinski definition) is 1. The van der Waals surface area contributed by atoms with E-state index in [1.54, 1.807) is 0 Å². The highest BCUT2D eigenvalue weighted by Gasteiger charge is 2.30. The lowest BCUT2D eigenvalue weighted by molar-refractivity contribution is -0.137. The van der Waals surface area contributed by atoms with Crippen molar-refractivity contribution >= 4 is 21.2 Å². The van der Waals surface area contributed by atoms with Crippen LogP contribution in [0.25, 0.3) is 10.4 Å². The van der Waals surface area contributed by atoms with Crippen molar-refractivity contribution < 1.29 is 21.6 Å². The summed E-state index contributed by atoms with van der Waals surface area (Å²) in [5, 5.41) is 3.23. The topological polar surface area (TPSA) is 46.2 Å². The molecule has 1 unspecified atom stereocenters. The number of hydrogen-bond acceptors (Lipinski definition) is 4. The minimum atomic E-state index is -4.33. The second-order valence-electron chi connectivity index (χ2n) is 5.82. The average molecular weight is 375 g/mol. The molecule has 2 heterocycles. The van der Waals surface area contributed by atoms with E-state index in [4.69, 9.17) is 0 Å². The predicted molar refractivity (Wildman–Crippen MR) is 88.7 cm³/mol. The summed E-state index contributed by atoms with van der Waals surface area (Å²) in [5.74, 6) is 0.399. The molecule has 0 spiro atoms. The van der Waals surface area contributed by atoms with Gasteiger partial charge < -0.3 is 5.32 Å². The molecule has 0 aliphatic carbocycles. The maximum Gasteiger partial charge on any atom is 0.416 e. The molecule has 24 heavy (non-hydrogen) atoms. The van der Waals surface area contributed by atoms with Gasteiger partial charge in [-0.05, 0) is 36.2 Å². The number of alkyl halides is 3. The second kappa shape index (κ2) is 6.50. The molecule has 0 bridgehead atoms. The molecular weight excluding hydrogens is 359 g/mol. The third kappa shape index (κ3) is 4.17. The van der Waals surface area contributed by atoms with Crippen LogP contribution in [0.15, 0.2) is 36.4 Å². The number of nitrogens with one attached hydrogen (secondary N) is 1. The van der Waals surface area contributed by atoms with Crippen LogP contribution in [-0.2, 0) is 22.6 Å². The van der Waals surface area contributed by atoms with E-state index >= 15 is 0 Å². The first-order valence-corrected chi connectivity index (χ1v) is 10.1. The average Bonchev–Trinajstić information content (AvgIpc) is 3.11. The minimum absolute atomic E-state index is 0.0216. The lowest BCUT2D eigenvalue weighted by Crippen LogP contribution is -2.29. The highest BCUT2D eigenvalue weighted by molar-refractivity contribution is 7.91. The Morgan fingerprint density at radius 1 is 1.12 bits per heavy atom. The van der Waals surface area contributed by atoms with Crippen molar-refractivity contribution in [1.82, 2.24) is 5.32 Å². The van der Waals surface area contributed by atoms with Crippen LogP contribution in [0.5, 0.6) is 0 Å². The fraction of sp³-hybridized carbons (Fsp3) is 0.375. The summed E-state index contributed by atoms with van der Waals surface area (Å²) in [7, 11) is -2.90. The Kier molecular flexibility index (Phi) is 4.72. The molecule has 1 N–H and O–H groups in total. The first-order chi connectivity index (χ1) is 11.2. The zero-order valence-corrected chi connectivity index (χ0v) is 14.3. The van der Waals surface area contributed by atoms with Gasteiger partial charge in [-0.2, -0.15) is 13.2 Å². The van der Waals surface area contributed by atoms with Gasteiger partial charge >= 0.3 is 6.18 Å². The van der Waals surface area contributed by atoms with E-state index in [1.807, 2.05) is 12.1 Å². The molecule has 1 aromatic heterocycles. The van der Waals surface area contributed by atoms with E-state index in [9.17, 15) is 21.6 Å². The van der Waals surface area contributed by atoms with E-state index in [-0.39, 0.29) is 17.5 Å². The highest BCUT2D eigenvalue weighted by Crippen LogP contribution is 2.33. The van der Waals surface area contributed by atoms with Crippen molar-refractivity contribution in [3.8, 4) is 10.4 Å². The molecule has 8 heteroatoms. The van der Waals surface area contributed by atoms with Crippen LogP contribution < -0.4 is 5.32 Å². The van der Waals surface area contributed by atoms with Crippen molar-refractivity contribution in [3.63, 3.8) is 0 Å². The molecule has 1 fully saturated rings.